The third-order valence-corrected chi connectivity index (χ3v) is 5.12. The summed E-state index contributed by atoms with van der Waals surface area (Å²) in [5.41, 5.74) is 1.10. The van der Waals surface area contributed by atoms with E-state index in [4.69, 9.17) is 9.26 Å². The SMILES string of the molecule is Cc1cc(CSc2ncccc2C(=O)OCC(=O)N[C@@H](C)C2CC2)no1. The Morgan fingerprint density at radius 1 is 1.46 bits per heavy atom. The molecule has 3 rings (SSSR count). The Morgan fingerprint density at radius 3 is 2.96 bits per heavy atom. The standard InChI is InChI=1S/C18H21N3O4S/c1-11-8-14(21-25-11)10-26-17-15(4-3-7-19-17)18(23)24-9-16(22)20-12(2)13-5-6-13/h3-4,7-8,12-13H,5-6,9-10H2,1-2H3,(H,20,22)/t12-/m0/s1. The molecule has 2 aromatic rings. The largest absolute Gasteiger partial charge is 0.452 e. The monoisotopic (exact) mass is 375 g/mol. The first-order valence-electron chi connectivity index (χ1n) is 8.49. The fourth-order valence-corrected chi connectivity index (χ4v) is 3.37. The number of thioether (sulfide) groups is 1. The van der Waals surface area contributed by atoms with E-state index in [1.54, 1.807) is 18.3 Å². The van der Waals surface area contributed by atoms with Crippen molar-refractivity contribution in [1.29, 1.82) is 0 Å². The summed E-state index contributed by atoms with van der Waals surface area (Å²) in [6.45, 7) is 3.50. The molecule has 0 saturated heterocycles. The van der Waals surface area contributed by atoms with Crippen molar-refractivity contribution in [3.8, 4) is 0 Å². The average Bonchev–Trinajstić information content (AvgIpc) is 3.40. The van der Waals surface area contributed by atoms with Gasteiger partial charge in [-0.3, -0.25) is 4.79 Å². The highest BCUT2D eigenvalue weighted by atomic mass is 32.2. The van der Waals surface area contributed by atoms with Gasteiger partial charge in [0.15, 0.2) is 6.61 Å². The van der Waals surface area contributed by atoms with Crippen LogP contribution >= 0.6 is 11.8 Å². The van der Waals surface area contributed by atoms with Gasteiger partial charge >= 0.3 is 5.97 Å². The lowest BCUT2D eigenvalue weighted by Gasteiger charge is -2.13. The molecule has 1 aliphatic rings. The summed E-state index contributed by atoms with van der Waals surface area (Å²) in [5, 5.41) is 7.31. The highest BCUT2D eigenvalue weighted by Crippen LogP contribution is 2.32. The van der Waals surface area contributed by atoms with Crippen LogP contribution in [-0.4, -0.2) is 34.7 Å². The van der Waals surface area contributed by atoms with Gasteiger partial charge in [-0.2, -0.15) is 0 Å². The van der Waals surface area contributed by atoms with E-state index in [0.29, 0.717) is 22.3 Å². The number of rotatable bonds is 8. The Balaban J connectivity index is 1.54. The summed E-state index contributed by atoms with van der Waals surface area (Å²) in [6.07, 6.45) is 3.89. The lowest BCUT2D eigenvalue weighted by atomic mass is 10.2. The maximum absolute atomic E-state index is 12.3. The van der Waals surface area contributed by atoms with E-state index in [1.165, 1.54) is 11.8 Å². The number of pyridine rings is 1. The zero-order valence-corrected chi connectivity index (χ0v) is 15.5. The summed E-state index contributed by atoms with van der Waals surface area (Å²) in [7, 11) is 0. The molecule has 1 aliphatic carbocycles. The lowest BCUT2D eigenvalue weighted by molar-refractivity contribution is -0.125. The first-order valence-corrected chi connectivity index (χ1v) is 9.48. The van der Waals surface area contributed by atoms with Gasteiger partial charge in [0.1, 0.15) is 10.8 Å². The van der Waals surface area contributed by atoms with Gasteiger partial charge in [-0.05, 0) is 44.7 Å². The van der Waals surface area contributed by atoms with Crippen LogP contribution in [-0.2, 0) is 15.3 Å². The third-order valence-electron chi connectivity index (χ3n) is 4.08. The molecule has 8 heteroatoms. The topological polar surface area (TPSA) is 94.3 Å². The van der Waals surface area contributed by atoms with Gasteiger partial charge in [0.2, 0.25) is 0 Å². The van der Waals surface area contributed by atoms with Crippen molar-refractivity contribution in [2.75, 3.05) is 6.61 Å². The molecule has 2 heterocycles. The Labute approximate surface area is 155 Å². The number of hydrogen-bond donors (Lipinski definition) is 1. The van der Waals surface area contributed by atoms with Crippen LogP contribution in [0.1, 0.15) is 41.6 Å². The van der Waals surface area contributed by atoms with Crippen LogP contribution in [0.5, 0.6) is 0 Å². The fraction of sp³-hybridized carbons (Fsp3) is 0.444. The predicted molar refractivity (Wildman–Crippen MR) is 95.6 cm³/mol. The van der Waals surface area contributed by atoms with E-state index in [0.717, 1.165) is 24.3 Å². The Bertz CT molecular complexity index is 788. The molecule has 0 aliphatic heterocycles. The molecule has 1 saturated carbocycles. The number of hydrogen-bond acceptors (Lipinski definition) is 7. The Kier molecular flexibility index (Phi) is 5.92. The molecular formula is C18H21N3O4S. The van der Waals surface area contributed by atoms with Crippen molar-refractivity contribution in [3.63, 3.8) is 0 Å². The minimum absolute atomic E-state index is 0.122. The van der Waals surface area contributed by atoms with Crippen molar-refractivity contribution in [1.82, 2.24) is 15.5 Å². The second kappa shape index (κ2) is 8.35. The molecule has 0 aromatic carbocycles. The van der Waals surface area contributed by atoms with Crippen molar-refractivity contribution >= 4 is 23.6 Å². The Hall–Kier alpha value is -2.35. The normalized spacial score (nSPS) is 14.7. The van der Waals surface area contributed by atoms with Gasteiger partial charge in [0.25, 0.3) is 5.91 Å². The van der Waals surface area contributed by atoms with Crippen molar-refractivity contribution in [2.45, 2.75) is 43.5 Å². The van der Waals surface area contributed by atoms with Crippen LogP contribution in [0.3, 0.4) is 0 Å². The number of amides is 1. The summed E-state index contributed by atoms with van der Waals surface area (Å²) in [6, 6.07) is 5.25. The smallest absolute Gasteiger partial charge is 0.341 e. The second-order valence-electron chi connectivity index (χ2n) is 6.34. The van der Waals surface area contributed by atoms with Gasteiger partial charge in [-0.25, -0.2) is 9.78 Å². The van der Waals surface area contributed by atoms with Gasteiger partial charge in [0, 0.05) is 24.1 Å². The first kappa shape index (κ1) is 18.4. The number of ether oxygens (including phenoxy) is 1. The van der Waals surface area contributed by atoms with Gasteiger partial charge in [-0.15, -0.1) is 0 Å². The minimum atomic E-state index is -0.564. The summed E-state index contributed by atoms with van der Waals surface area (Å²) < 4.78 is 10.2. The van der Waals surface area contributed by atoms with E-state index >= 15 is 0 Å². The van der Waals surface area contributed by atoms with Crippen LogP contribution < -0.4 is 5.32 Å². The van der Waals surface area contributed by atoms with E-state index in [2.05, 4.69) is 15.5 Å². The zero-order valence-electron chi connectivity index (χ0n) is 14.7. The van der Waals surface area contributed by atoms with Gasteiger partial charge in [-0.1, -0.05) is 16.9 Å². The molecule has 0 unspecified atom stereocenters. The molecule has 1 N–H and O–H groups in total. The van der Waals surface area contributed by atoms with Crippen molar-refractivity contribution in [2.24, 2.45) is 5.92 Å². The van der Waals surface area contributed by atoms with E-state index in [-0.39, 0.29) is 18.6 Å². The van der Waals surface area contributed by atoms with E-state index in [1.807, 2.05) is 19.9 Å². The summed E-state index contributed by atoms with van der Waals surface area (Å²) in [4.78, 5) is 28.5. The van der Waals surface area contributed by atoms with Gasteiger partial charge < -0.3 is 14.6 Å². The molecule has 0 spiro atoms. The molecule has 2 aromatic heterocycles. The zero-order chi connectivity index (χ0) is 18.5. The molecular weight excluding hydrogens is 354 g/mol. The van der Waals surface area contributed by atoms with Crippen LogP contribution in [0.2, 0.25) is 0 Å². The van der Waals surface area contributed by atoms with Crippen LogP contribution in [0.25, 0.3) is 0 Å². The number of carbonyl (C=O) groups excluding carboxylic acids is 2. The van der Waals surface area contributed by atoms with Gasteiger partial charge in [0.05, 0.1) is 11.3 Å². The highest BCUT2D eigenvalue weighted by Gasteiger charge is 2.29. The molecule has 26 heavy (non-hydrogen) atoms. The first-order chi connectivity index (χ1) is 12.5. The highest BCUT2D eigenvalue weighted by molar-refractivity contribution is 7.98. The van der Waals surface area contributed by atoms with E-state index in [9.17, 15) is 9.59 Å². The predicted octanol–water partition coefficient (Wildman–Crippen LogP) is 2.74. The molecule has 1 atom stereocenters. The number of aromatic nitrogens is 2. The minimum Gasteiger partial charge on any atom is -0.452 e. The number of nitrogens with one attached hydrogen (secondary N) is 1. The number of esters is 1. The van der Waals surface area contributed by atoms with Crippen LogP contribution in [0.15, 0.2) is 33.9 Å². The third kappa shape index (κ3) is 5.08. The molecule has 138 valence electrons. The van der Waals surface area contributed by atoms with Crippen LogP contribution in [0.4, 0.5) is 0 Å². The summed E-state index contributed by atoms with van der Waals surface area (Å²) >= 11 is 1.36. The lowest BCUT2D eigenvalue weighted by Crippen LogP contribution is -2.37. The average molecular weight is 375 g/mol. The molecule has 0 radical (unpaired) electrons. The fourth-order valence-electron chi connectivity index (χ4n) is 2.51. The van der Waals surface area contributed by atoms with Crippen molar-refractivity contribution in [3.05, 3.63) is 41.4 Å². The van der Waals surface area contributed by atoms with Crippen LogP contribution in [0, 0.1) is 12.8 Å². The molecule has 1 fully saturated rings. The maximum Gasteiger partial charge on any atom is 0.341 e. The summed E-state index contributed by atoms with van der Waals surface area (Å²) in [5.74, 6) is 0.956. The quantitative estimate of drug-likeness (QED) is 0.560. The number of nitrogens with zero attached hydrogens (tertiary/aromatic N) is 2. The van der Waals surface area contributed by atoms with E-state index < -0.39 is 5.97 Å². The molecule has 1 amide bonds. The Morgan fingerprint density at radius 2 is 2.27 bits per heavy atom. The molecule has 7 nitrogen and oxygen atoms in total. The second-order valence-corrected chi connectivity index (χ2v) is 7.31. The number of carbonyl (C=O) groups is 2. The number of aryl methyl sites for hydroxylation is 1. The molecule has 0 bridgehead atoms. The maximum atomic E-state index is 12.3. The van der Waals surface area contributed by atoms with Crippen molar-refractivity contribution < 1.29 is 18.8 Å².